The van der Waals surface area contributed by atoms with E-state index >= 15 is 0 Å². The molecule has 4 fully saturated rings. The van der Waals surface area contributed by atoms with Crippen LogP contribution < -0.4 is 0 Å². The molecular formula is C14H20F2O6S. The number of aliphatic hydroxyl groups excluding tert-OH is 1. The molecule has 4 bridgehead atoms. The molecule has 0 saturated heterocycles. The van der Waals surface area contributed by atoms with Gasteiger partial charge in [0.05, 0.1) is 11.5 Å². The molecule has 23 heavy (non-hydrogen) atoms. The molecule has 6 nitrogen and oxygen atoms in total. The number of carbonyl (C=O) groups excluding carboxylic acids is 1. The maximum absolute atomic E-state index is 13.6. The Kier molecular flexibility index (Phi) is 3.77. The summed E-state index contributed by atoms with van der Waals surface area (Å²) in [6.45, 7) is 0.751. The highest BCUT2D eigenvalue weighted by Crippen LogP contribution is 2.60. The van der Waals surface area contributed by atoms with Gasteiger partial charge in [0, 0.05) is 0 Å². The molecule has 4 rings (SSSR count). The van der Waals surface area contributed by atoms with Crippen molar-refractivity contribution >= 4 is 16.1 Å². The van der Waals surface area contributed by atoms with Crippen LogP contribution in [0.5, 0.6) is 0 Å². The predicted octanol–water partition coefficient (Wildman–Crippen LogP) is 1.59. The summed E-state index contributed by atoms with van der Waals surface area (Å²) in [6, 6.07) is 0. The van der Waals surface area contributed by atoms with Crippen molar-refractivity contribution in [1.82, 2.24) is 0 Å². The quantitative estimate of drug-likeness (QED) is 0.587. The van der Waals surface area contributed by atoms with Gasteiger partial charge < -0.3 is 9.84 Å². The van der Waals surface area contributed by atoms with E-state index in [4.69, 9.17) is 9.29 Å². The smallest absolute Gasteiger partial charge is 0.405 e. The summed E-state index contributed by atoms with van der Waals surface area (Å²) in [7, 11) is -5.66. The van der Waals surface area contributed by atoms with Gasteiger partial charge in [-0.05, 0) is 56.8 Å². The molecule has 0 aromatic carbocycles. The van der Waals surface area contributed by atoms with Crippen molar-refractivity contribution < 1.29 is 36.4 Å². The molecule has 0 aromatic rings. The van der Waals surface area contributed by atoms with E-state index in [1.165, 1.54) is 0 Å². The average molecular weight is 354 g/mol. The Labute approximate surface area is 132 Å². The monoisotopic (exact) mass is 354 g/mol. The molecule has 0 heterocycles. The highest BCUT2D eigenvalue weighted by atomic mass is 32.2. The zero-order chi connectivity index (χ0) is 17.2. The number of halogens is 2. The normalized spacial score (nSPS) is 40.9. The molecule has 0 amide bonds. The van der Waals surface area contributed by atoms with Gasteiger partial charge in [0.2, 0.25) is 0 Å². The molecular weight excluding hydrogens is 334 g/mol. The SMILES string of the molecule is CC(OC(=O)C12CC3CC(C1)C(O)C(C3)C2)C(F)(F)S(=O)(=O)O. The molecule has 3 unspecified atom stereocenters. The summed E-state index contributed by atoms with van der Waals surface area (Å²) < 4.78 is 62.0. The lowest BCUT2D eigenvalue weighted by atomic mass is 9.48. The number of hydrogen-bond acceptors (Lipinski definition) is 5. The van der Waals surface area contributed by atoms with Crippen LogP contribution in [0.15, 0.2) is 0 Å². The number of ether oxygens (including phenoxy) is 1. The lowest BCUT2D eigenvalue weighted by Crippen LogP contribution is -2.57. The zero-order valence-electron chi connectivity index (χ0n) is 12.6. The van der Waals surface area contributed by atoms with Crippen molar-refractivity contribution in [3.05, 3.63) is 0 Å². The van der Waals surface area contributed by atoms with Gasteiger partial charge in [0.15, 0.2) is 6.10 Å². The zero-order valence-corrected chi connectivity index (χ0v) is 13.4. The van der Waals surface area contributed by atoms with Gasteiger partial charge in [-0.15, -0.1) is 0 Å². The topological polar surface area (TPSA) is 101 Å². The molecule has 4 aliphatic carbocycles. The van der Waals surface area contributed by atoms with Crippen molar-refractivity contribution in [3.63, 3.8) is 0 Å². The number of esters is 1. The molecule has 132 valence electrons. The van der Waals surface area contributed by atoms with E-state index in [0.29, 0.717) is 19.3 Å². The van der Waals surface area contributed by atoms with Gasteiger partial charge in [-0.25, -0.2) is 0 Å². The third kappa shape index (κ3) is 2.56. The maximum Gasteiger partial charge on any atom is 0.405 e. The largest absolute Gasteiger partial charge is 0.454 e. The van der Waals surface area contributed by atoms with Gasteiger partial charge in [-0.3, -0.25) is 9.35 Å². The Hall–Kier alpha value is -0.800. The molecule has 4 aliphatic rings. The second kappa shape index (κ2) is 5.10. The lowest BCUT2D eigenvalue weighted by molar-refractivity contribution is -0.196. The second-order valence-electron chi connectivity index (χ2n) is 7.33. The van der Waals surface area contributed by atoms with E-state index in [9.17, 15) is 27.1 Å². The molecule has 0 spiro atoms. The Balaban J connectivity index is 1.77. The highest BCUT2D eigenvalue weighted by Gasteiger charge is 2.60. The van der Waals surface area contributed by atoms with Crippen LogP contribution in [0.1, 0.15) is 39.0 Å². The van der Waals surface area contributed by atoms with E-state index < -0.39 is 39.0 Å². The Morgan fingerprint density at radius 1 is 1.26 bits per heavy atom. The number of alkyl halides is 2. The highest BCUT2D eigenvalue weighted by molar-refractivity contribution is 7.86. The van der Waals surface area contributed by atoms with Crippen molar-refractivity contribution in [2.24, 2.45) is 23.2 Å². The first kappa shape index (κ1) is 17.0. The summed E-state index contributed by atoms with van der Waals surface area (Å²) in [5.74, 6) is -0.655. The molecule has 2 N–H and O–H groups in total. The molecule has 9 heteroatoms. The minimum absolute atomic E-state index is 0.0359. The van der Waals surface area contributed by atoms with E-state index in [-0.39, 0.29) is 17.8 Å². The van der Waals surface area contributed by atoms with Gasteiger partial charge in [-0.2, -0.15) is 17.2 Å². The standard InChI is InChI=1S/C14H20F2O6S/c1-7(14(15,16)23(19,20)21)22-12(18)13-4-8-2-9(5-13)11(17)10(3-8)6-13/h7-11,17H,2-6H2,1H3,(H,19,20,21). The lowest BCUT2D eigenvalue weighted by Gasteiger charge is -2.57. The van der Waals surface area contributed by atoms with Crippen LogP contribution in [-0.4, -0.2) is 41.5 Å². The summed E-state index contributed by atoms with van der Waals surface area (Å²) in [6.07, 6.45) is 0.184. The van der Waals surface area contributed by atoms with Crippen LogP contribution in [-0.2, 0) is 19.6 Å². The van der Waals surface area contributed by atoms with E-state index in [1.807, 2.05) is 0 Å². The molecule has 0 radical (unpaired) electrons. The van der Waals surface area contributed by atoms with Gasteiger partial charge in [0.1, 0.15) is 0 Å². The van der Waals surface area contributed by atoms with Gasteiger partial charge >= 0.3 is 21.3 Å². The van der Waals surface area contributed by atoms with Crippen molar-refractivity contribution in [3.8, 4) is 0 Å². The summed E-state index contributed by atoms with van der Waals surface area (Å²) >= 11 is 0. The fourth-order valence-corrected chi connectivity index (χ4v) is 5.28. The van der Waals surface area contributed by atoms with Crippen LogP contribution in [0.4, 0.5) is 8.78 Å². The van der Waals surface area contributed by atoms with Crippen LogP contribution in [0.3, 0.4) is 0 Å². The Bertz CT molecular complexity index is 603. The Morgan fingerprint density at radius 2 is 1.78 bits per heavy atom. The van der Waals surface area contributed by atoms with Crippen LogP contribution in [0.2, 0.25) is 0 Å². The average Bonchev–Trinajstić information content (AvgIpc) is 2.42. The fourth-order valence-electron chi connectivity index (χ4n) is 4.81. The maximum atomic E-state index is 13.6. The second-order valence-corrected chi connectivity index (χ2v) is 8.82. The van der Waals surface area contributed by atoms with Crippen molar-refractivity contribution in [1.29, 1.82) is 0 Å². The molecule has 4 saturated carbocycles. The Morgan fingerprint density at radius 3 is 2.26 bits per heavy atom. The van der Waals surface area contributed by atoms with Gasteiger partial charge in [-0.1, -0.05) is 0 Å². The summed E-state index contributed by atoms with van der Waals surface area (Å²) in [5.41, 5.74) is -0.917. The first-order chi connectivity index (χ1) is 10.5. The van der Waals surface area contributed by atoms with E-state index in [0.717, 1.165) is 19.8 Å². The van der Waals surface area contributed by atoms with Gasteiger partial charge in [0.25, 0.3) is 0 Å². The fraction of sp³-hybridized carbons (Fsp3) is 0.929. The minimum Gasteiger partial charge on any atom is -0.454 e. The third-order valence-electron chi connectivity index (χ3n) is 5.76. The predicted molar refractivity (Wildman–Crippen MR) is 74.0 cm³/mol. The number of hydrogen-bond donors (Lipinski definition) is 2. The number of aliphatic hydroxyl groups is 1. The van der Waals surface area contributed by atoms with E-state index in [1.54, 1.807) is 0 Å². The van der Waals surface area contributed by atoms with Crippen LogP contribution >= 0.6 is 0 Å². The molecule has 0 aliphatic heterocycles. The minimum atomic E-state index is -5.66. The summed E-state index contributed by atoms with van der Waals surface area (Å²) in [5, 5.41) is 5.61. The number of carbonyl (C=O) groups is 1. The summed E-state index contributed by atoms with van der Waals surface area (Å²) in [4.78, 5) is 12.5. The van der Waals surface area contributed by atoms with Crippen molar-refractivity contribution in [2.75, 3.05) is 0 Å². The molecule has 0 aromatic heterocycles. The van der Waals surface area contributed by atoms with Crippen LogP contribution in [0.25, 0.3) is 0 Å². The van der Waals surface area contributed by atoms with Crippen molar-refractivity contribution in [2.45, 2.75) is 56.5 Å². The first-order valence-corrected chi connectivity index (χ1v) is 9.14. The molecule has 3 atom stereocenters. The van der Waals surface area contributed by atoms with Crippen LogP contribution in [0, 0.1) is 23.2 Å². The third-order valence-corrected chi connectivity index (χ3v) is 6.78. The van der Waals surface area contributed by atoms with E-state index in [2.05, 4.69) is 0 Å². The first-order valence-electron chi connectivity index (χ1n) is 7.70. The number of rotatable bonds is 4.